The molecule has 1 aliphatic rings. The molecule has 5 nitrogen and oxygen atoms in total. The fourth-order valence-corrected chi connectivity index (χ4v) is 4.84. The highest BCUT2D eigenvalue weighted by Crippen LogP contribution is 2.35. The normalized spacial score (nSPS) is 15.4. The summed E-state index contributed by atoms with van der Waals surface area (Å²) in [6.07, 6.45) is -2.87. The highest BCUT2D eigenvalue weighted by Gasteiger charge is 2.35. The van der Waals surface area contributed by atoms with E-state index >= 15 is 0 Å². The molecule has 0 atom stereocenters. The molecular weight excluding hydrogens is 501 g/mol. The molecule has 1 aromatic heterocycles. The predicted molar refractivity (Wildman–Crippen MR) is 130 cm³/mol. The lowest BCUT2D eigenvalue weighted by Crippen LogP contribution is -2.32. The van der Waals surface area contributed by atoms with Crippen LogP contribution in [0.1, 0.15) is 22.5 Å². The van der Waals surface area contributed by atoms with Gasteiger partial charge in [0, 0.05) is 17.1 Å². The molecule has 1 fully saturated rings. The first kappa shape index (κ1) is 24.9. The van der Waals surface area contributed by atoms with Crippen LogP contribution in [0, 0.1) is 13.8 Å². The van der Waals surface area contributed by atoms with Gasteiger partial charge in [-0.25, -0.2) is 0 Å². The lowest BCUT2D eigenvalue weighted by molar-refractivity contribution is -0.137. The number of amides is 2. The van der Waals surface area contributed by atoms with E-state index in [9.17, 15) is 22.8 Å². The van der Waals surface area contributed by atoms with Crippen LogP contribution >= 0.6 is 23.4 Å². The average molecular weight is 521 g/mol. The summed E-state index contributed by atoms with van der Waals surface area (Å²) in [5.41, 5.74) is 1.59. The summed E-state index contributed by atoms with van der Waals surface area (Å²) in [7, 11) is 0. The van der Waals surface area contributed by atoms with E-state index in [-0.39, 0.29) is 18.1 Å². The van der Waals surface area contributed by atoms with Gasteiger partial charge in [0.25, 0.3) is 11.1 Å². The number of hydrogen-bond donors (Lipinski definition) is 0. The Hall–Kier alpha value is -3.17. The summed E-state index contributed by atoms with van der Waals surface area (Å²) >= 11 is 6.86. The highest BCUT2D eigenvalue weighted by atomic mass is 35.5. The van der Waals surface area contributed by atoms with E-state index in [1.54, 1.807) is 60.9 Å². The SMILES string of the molecule is Cc1cc(/C=C2\SC(=O)N(CCOc3ccccc3Cl)C2=O)c(C)n1-c1cccc(C(F)(F)F)c1. The van der Waals surface area contributed by atoms with Gasteiger partial charge in [-0.15, -0.1) is 0 Å². The Labute approximate surface area is 209 Å². The van der Waals surface area contributed by atoms with Crippen molar-refractivity contribution in [1.82, 2.24) is 9.47 Å². The van der Waals surface area contributed by atoms with Crippen molar-refractivity contribution in [3.05, 3.63) is 87.0 Å². The molecule has 0 unspecified atom stereocenters. The first-order valence-corrected chi connectivity index (χ1v) is 11.7. The maximum Gasteiger partial charge on any atom is 0.416 e. The van der Waals surface area contributed by atoms with Crippen LogP contribution in [-0.4, -0.2) is 33.8 Å². The van der Waals surface area contributed by atoms with Gasteiger partial charge in [-0.05, 0) is 73.6 Å². The molecule has 4 rings (SSSR count). The van der Waals surface area contributed by atoms with Crippen molar-refractivity contribution in [2.24, 2.45) is 0 Å². The van der Waals surface area contributed by atoms with Crippen molar-refractivity contribution in [3.63, 3.8) is 0 Å². The Bertz CT molecular complexity index is 1330. The number of aryl methyl sites for hydroxylation is 1. The summed E-state index contributed by atoms with van der Waals surface area (Å²) in [6, 6.07) is 13.7. The van der Waals surface area contributed by atoms with E-state index < -0.39 is 22.9 Å². The van der Waals surface area contributed by atoms with Crippen molar-refractivity contribution >= 4 is 40.6 Å². The lowest BCUT2D eigenvalue weighted by Gasteiger charge is -2.14. The number of rotatable bonds is 6. The number of alkyl halides is 3. The van der Waals surface area contributed by atoms with Gasteiger partial charge in [0.1, 0.15) is 12.4 Å². The third-order valence-corrected chi connectivity index (χ3v) is 6.69. The van der Waals surface area contributed by atoms with Gasteiger partial charge >= 0.3 is 6.18 Å². The van der Waals surface area contributed by atoms with Gasteiger partial charge in [-0.3, -0.25) is 14.5 Å². The predicted octanol–water partition coefficient (Wildman–Crippen LogP) is 6.88. The van der Waals surface area contributed by atoms with E-state index in [0.29, 0.717) is 33.4 Å². The smallest absolute Gasteiger partial charge is 0.416 e. The zero-order chi connectivity index (χ0) is 25.3. The van der Waals surface area contributed by atoms with Crippen LogP contribution in [-0.2, 0) is 11.0 Å². The van der Waals surface area contributed by atoms with Crippen LogP contribution in [0.2, 0.25) is 5.02 Å². The number of hydrogen-bond acceptors (Lipinski definition) is 4. The Morgan fingerprint density at radius 3 is 2.51 bits per heavy atom. The van der Waals surface area contributed by atoms with E-state index in [1.165, 1.54) is 6.07 Å². The van der Waals surface area contributed by atoms with E-state index in [4.69, 9.17) is 16.3 Å². The van der Waals surface area contributed by atoms with Crippen LogP contribution in [0.25, 0.3) is 11.8 Å². The monoisotopic (exact) mass is 520 g/mol. The topological polar surface area (TPSA) is 51.5 Å². The third kappa shape index (κ3) is 5.26. The first-order chi connectivity index (χ1) is 16.6. The molecule has 2 heterocycles. The quantitative estimate of drug-likeness (QED) is 0.332. The second-order valence-corrected chi connectivity index (χ2v) is 9.22. The van der Waals surface area contributed by atoms with E-state index in [0.717, 1.165) is 28.8 Å². The maximum atomic E-state index is 13.2. The Balaban J connectivity index is 1.53. The van der Waals surface area contributed by atoms with E-state index in [2.05, 4.69) is 0 Å². The molecule has 2 aromatic carbocycles. The number of para-hydroxylation sites is 1. The van der Waals surface area contributed by atoms with Gasteiger partial charge in [0.15, 0.2) is 0 Å². The molecule has 3 aromatic rings. The molecular formula is C25H20ClF3N2O3S. The fourth-order valence-electron chi connectivity index (χ4n) is 3.80. The molecule has 0 N–H and O–H groups in total. The van der Waals surface area contributed by atoms with Crippen LogP contribution in [0.4, 0.5) is 18.0 Å². The van der Waals surface area contributed by atoms with Crippen molar-refractivity contribution < 1.29 is 27.5 Å². The van der Waals surface area contributed by atoms with Gasteiger partial charge in [-0.2, -0.15) is 13.2 Å². The number of imide groups is 1. The molecule has 10 heteroatoms. The van der Waals surface area contributed by atoms with E-state index in [1.807, 2.05) is 0 Å². The molecule has 0 radical (unpaired) electrons. The number of carbonyl (C=O) groups is 2. The second-order valence-electron chi connectivity index (χ2n) is 7.82. The van der Waals surface area contributed by atoms with Crippen LogP contribution in [0.5, 0.6) is 5.75 Å². The van der Waals surface area contributed by atoms with Gasteiger partial charge in [0.2, 0.25) is 0 Å². The zero-order valence-corrected chi connectivity index (χ0v) is 20.3. The molecule has 0 bridgehead atoms. The summed E-state index contributed by atoms with van der Waals surface area (Å²) in [4.78, 5) is 26.6. The zero-order valence-electron chi connectivity index (χ0n) is 18.7. The van der Waals surface area contributed by atoms with Crippen LogP contribution < -0.4 is 4.74 Å². The summed E-state index contributed by atoms with van der Waals surface area (Å²) in [6.45, 7) is 3.65. The van der Waals surface area contributed by atoms with Crippen molar-refractivity contribution in [2.75, 3.05) is 13.2 Å². The van der Waals surface area contributed by atoms with Gasteiger partial charge in [0.05, 0.1) is 22.0 Å². The minimum Gasteiger partial charge on any atom is -0.490 e. The average Bonchev–Trinajstić information content (AvgIpc) is 3.23. The Morgan fingerprint density at radius 2 is 1.80 bits per heavy atom. The number of thioether (sulfide) groups is 1. The first-order valence-electron chi connectivity index (χ1n) is 10.6. The Morgan fingerprint density at radius 1 is 1.06 bits per heavy atom. The number of ether oxygens (including phenoxy) is 1. The summed E-state index contributed by atoms with van der Waals surface area (Å²) in [5.74, 6) is 0.00495. The number of carbonyl (C=O) groups excluding carboxylic acids is 2. The number of nitrogens with zero attached hydrogens (tertiary/aromatic N) is 2. The van der Waals surface area contributed by atoms with Crippen molar-refractivity contribution in [2.45, 2.75) is 20.0 Å². The maximum absolute atomic E-state index is 13.2. The molecule has 182 valence electrons. The van der Waals surface area contributed by atoms with Gasteiger partial charge < -0.3 is 9.30 Å². The molecule has 35 heavy (non-hydrogen) atoms. The van der Waals surface area contributed by atoms with Crippen molar-refractivity contribution in [3.8, 4) is 11.4 Å². The summed E-state index contributed by atoms with van der Waals surface area (Å²) < 4.78 is 46.8. The minimum atomic E-state index is -4.46. The number of halogens is 4. The molecule has 0 saturated carbocycles. The van der Waals surface area contributed by atoms with Crippen LogP contribution in [0.15, 0.2) is 59.5 Å². The second kappa shape index (κ2) is 9.83. The molecule has 1 aliphatic heterocycles. The molecule has 0 spiro atoms. The highest BCUT2D eigenvalue weighted by molar-refractivity contribution is 8.18. The standard InChI is InChI=1S/C25H20ClF3N2O3S/c1-15-12-17(16(2)31(15)19-7-5-6-18(14-19)25(27,28)29)13-22-23(32)30(24(33)35-22)10-11-34-21-9-4-3-8-20(21)26/h3-9,12-14H,10-11H2,1-2H3/b22-13-. The molecule has 1 saturated heterocycles. The minimum absolute atomic E-state index is 0.0521. The fraction of sp³-hybridized carbons (Fsp3) is 0.200. The molecule has 2 amide bonds. The molecule has 0 aliphatic carbocycles. The lowest BCUT2D eigenvalue weighted by atomic mass is 10.2. The summed E-state index contributed by atoms with van der Waals surface area (Å²) in [5, 5.41) is 0.00774. The number of benzene rings is 2. The largest absolute Gasteiger partial charge is 0.490 e. The number of aromatic nitrogens is 1. The van der Waals surface area contributed by atoms with Crippen LogP contribution in [0.3, 0.4) is 0 Å². The van der Waals surface area contributed by atoms with Crippen molar-refractivity contribution in [1.29, 1.82) is 0 Å². The Kier molecular flexibility index (Phi) is 7.00. The third-order valence-electron chi connectivity index (χ3n) is 5.47. The van der Waals surface area contributed by atoms with Gasteiger partial charge in [-0.1, -0.05) is 29.8 Å².